The summed E-state index contributed by atoms with van der Waals surface area (Å²) in [7, 11) is 3.32. The third-order valence-corrected chi connectivity index (χ3v) is 4.04. The van der Waals surface area contributed by atoms with Gasteiger partial charge in [0.1, 0.15) is 5.75 Å². The topological polar surface area (TPSA) is 74.8 Å². The molecule has 2 rings (SSSR count). The van der Waals surface area contributed by atoms with E-state index < -0.39 is 0 Å². The number of nitrogens with zero attached hydrogens (tertiary/aromatic N) is 1. The van der Waals surface area contributed by atoms with Gasteiger partial charge in [-0.2, -0.15) is 0 Å². The quantitative estimate of drug-likeness (QED) is 0.360. The minimum absolute atomic E-state index is 0.124. The molecule has 0 spiro atoms. The average molecular weight is 368 g/mol. The molecule has 2 aromatic rings. The van der Waals surface area contributed by atoms with Gasteiger partial charge in [-0.3, -0.25) is 9.79 Å². The van der Waals surface area contributed by atoms with Crippen LogP contribution in [0, 0.1) is 0 Å². The predicted molar refractivity (Wildman–Crippen MR) is 109 cm³/mol. The number of carbonyl (C=O) groups is 1. The Balaban J connectivity index is 1.62. The molecule has 3 N–H and O–H groups in total. The van der Waals surface area contributed by atoms with E-state index in [2.05, 4.69) is 45.2 Å². The molecule has 0 heterocycles. The summed E-state index contributed by atoms with van der Waals surface area (Å²) in [6.07, 6.45) is 2.05. The first-order valence-electron chi connectivity index (χ1n) is 9.13. The number of nitrogens with one attached hydrogen (secondary N) is 3. The van der Waals surface area contributed by atoms with Gasteiger partial charge in [-0.25, -0.2) is 0 Å². The van der Waals surface area contributed by atoms with Crippen molar-refractivity contribution in [1.82, 2.24) is 16.0 Å². The molecule has 0 aliphatic carbocycles. The van der Waals surface area contributed by atoms with Crippen LogP contribution in [-0.2, 0) is 6.42 Å². The van der Waals surface area contributed by atoms with E-state index >= 15 is 0 Å². The number of aryl methyl sites for hydroxylation is 1. The zero-order valence-electron chi connectivity index (χ0n) is 16.0. The summed E-state index contributed by atoms with van der Waals surface area (Å²) >= 11 is 0. The van der Waals surface area contributed by atoms with Crippen molar-refractivity contribution in [3.63, 3.8) is 0 Å². The largest absolute Gasteiger partial charge is 0.497 e. The van der Waals surface area contributed by atoms with Crippen LogP contribution in [0.4, 0.5) is 0 Å². The first-order chi connectivity index (χ1) is 13.2. The molecule has 1 amide bonds. The van der Waals surface area contributed by atoms with Gasteiger partial charge in [0.2, 0.25) is 0 Å². The van der Waals surface area contributed by atoms with E-state index in [4.69, 9.17) is 4.74 Å². The highest BCUT2D eigenvalue weighted by atomic mass is 16.5. The molecule has 0 saturated carbocycles. The number of rotatable bonds is 9. The molecular weight excluding hydrogens is 340 g/mol. The maximum Gasteiger partial charge on any atom is 0.251 e. The highest BCUT2D eigenvalue weighted by Gasteiger charge is 2.06. The number of carbonyl (C=O) groups excluding carboxylic acids is 1. The summed E-state index contributed by atoms with van der Waals surface area (Å²) in [5.41, 5.74) is 1.92. The van der Waals surface area contributed by atoms with E-state index in [9.17, 15) is 4.79 Å². The fraction of sp³-hybridized carbons (Fsp3) is 0.333. The Morgan fingerprint density at radius 3 is 2.44 bits per heavy atom. The Morgan fingerprint density at radius 2 is 1.70 bits per heavy atom. The fourth-order valence-electron chi connectivity index (χ4n) is 2.59. The number of guanidine groups is 1. The summed E-state index contributed by atoms with van der Waals surface area (Å²) in [6, 6.07) is 17.5. The van der Waals surface area contributed by atoms with Crippen molar-refractivity contribution in [2.45, 2.75) is 12.8 Å². The Kier molecular flexibility index (Phi) is 8.69. The number of methoxy groups -OCH3 is 1. The molecule has 0 aliphatic rings. The first kappa shape index (κ1) is 20.3. The van der Waals surface area contributed by atoms with Gasteiger partial charge in [-0.1, -0.05) is 36.4 Å². The number of hydrogen-bond donors (Lipinski definition) is 3. The molecule has 0 saturated heterocycles. The van der Waals surface area contributed by atoms with E-state index in [1.165, 1.54) is 5.56 Å². The van der Waals surface area contributed by atoms with Crippen LogP contribution in [0.25, 0.3) is 0 Å². The van der Waals surface area contributed by atoms with Gasteiger partial charge < -0.3 is 20.7 Å². The van der Waals surface area contributed by atoms with Gasteiger partial charge in [-0.05, 0) is 36.6 Å². The Hall–Kier alpha value is -3.02. The molecule has 144 valence electrons. The molecule has 27 heavy (non-hydrogen) atoms. The van der Waals surface area contributed by atoms with E-state index in [-0.39, 0.29) is 5.91 Å². The maximum atomic E-state index is 12.1. The third kappa shape index (κ3) is 7.40. The summed E-state index contributed by atoms with van der Waals surface area (Å²) in [6.45, 7) is 1.93. The van der Waals surface area contributed by atoms with Crippen molar-refractivity contribution in [2.24, 2.45) is 4.99 Å². The number of aliphatic imine (C=N–C) groups is 1. The fourth-order valence-corrected chi connectivity index (χ4v) is 2.59. The number of amides is 1. The first-order valence-corrected chi connectivity index (χ1v) is 9.13. The average Bonchev–Trinajstić information content (AvgIpc) is 2.73. The van der Waals surface area contributed by atoms with Crippen molar-refractivity contribution in [3.05, 3.63) is 65.7 Å². The van der Waals surface area contributed by atoms with Gasteiger partial charge in [-0.15, -0.1) is 0 Å². The Bertz CT molecular complexity index is 732. The van der Waals surface area contributed by atoms with Crippen LogP contribution >= 0.6 is 0 Å². The molecule has 6 nitrogen and oxygen atoms in total. The number of ether oxygens (including phenoxy) is 1. The van der Waals surface area contributed by atoms with E-state index in [0.29, 0.717) is 24.4 Å². The van der Waals surface area contributed by atoms with Crippen molar-refractivity contribution < 1.29 is 9.53 Å². The lowest BCUT2D eigenvalue weighted by Crippen LogP contribution is -2.41. The molecule has 0 radical (unpaired) electrons. The highest BCUT2D eigenvalue weighted by molar-refractivity contribution is 5.94. The van der Waals surface area contributed by atoms with Gasteiger partial charge in [0.05, 0.1) is 7.11 Å². The number of hydrogen-bond acceptors (Lipinski definition) is 3. The summed E-state index contributed by atoms with van der Waals surface area (Å²) in [5.74, 6) is 1.28. The van der Waals surface area contributed by atoms with Crippen LogP contribution in [0.3, 0.4) is 0 Å². The van der Waals surface area contributed by atoms with Crippen LogP contribution in [0.1, 0.15) is 22.3 Å². The second kappa shape index (κ2) is 11.6. The van der Waals surface area contributed by atoms with Gasteiger partial charge in [0.25, 0.3) is 5.91 Å². The van der Waals surface area contributed by atoms with Crippen LogP contribution in [0.5, 0.6) is 5.75 Å². The minimum Gasteiger partial charge on any atom is -0.497 e. The second-order valence-electron chi connectivity index (χ2n) is 6.00. The Morgan fingerprint density at radius 1 is 0.963 bits per heavy atom. The molecule has 2 aromatic carbocycles. The van der Waals surface area contributed by atoms with Crippen molar-refractivity contribution in [3.8, 4) is 5.75 Å². The van der Waals surface area contributed by atoms with Gasteiger partial charge in [0, 0.05) is 32.2 Å². The molecular formula is C21H28N4O2. The normalized spacial score (nSPS) is 11.0. The summed E-state index contributed by atoms with van der Waals surface area (Å²) in [5, 5.41) is 9.36. The lowest BCUT2D eigenvalue weighted by atomic mass is 10.1. The molecule has 6 heteroatoms. The molecule has 0 fully saturated rings. The lowest BCUT2D eigenvalue weighted by molar-refractivity contribution is 0.0954. The van der Waals surface area contributed by atoms with Crippen LogP contribution in [-0.4, -0.2) is 45.7 Å². The SMILES string of the molecule is CN=C(NCCCc1ccccc1)NCCNC(=O)c1cccc(OC)c1. The van der Waals surface area contributed by atoms with Gasteiger partial charge in [0.15, 0.2) is 5.96 Å². The maximum absolute atomic E-state index is 12.1. The molecule has 0 bridgehead atoms. The Labute approximate surface area is 161 Å². The van der Waals surface area contributed by atoms with Crippen LogP contribution in [0.15, 0.2) is 59.6 Å². The monoisotopic (exact) mass is 368 g/mol. The highest BCUT2D eigenvalue weighted by Crippen LogP contribution is 2.12. The van der Waals surface area contributed by atoms with Crippen LogP contribution in [0.2, 0.25) is 0 Å². The van der Waals surface area contributed by atoms with E-state index in [1.54, 1.807) is 32.4 Å². The molecule has 0 atom stereocenters. The second-order valence-corrected chi connectivity index (χ2v) is 6.00. The smallest absolute Gasteiger partial charge is 0.251 e. The summed E-state index contributed by atoms with van der Waals surface area (Å²) < 4.78 is 5.14. The summed E-state index contributed by atoms with van der Waals surface area (Å²) in [4.78, 5) is 16.3. The van der Waals surface area contributed by atoms with Crippen molar-refractivity contribution in [1.29, 1.82) is 0 Å². The van der Waals surface area contributed by atoms with Crippen molar-refractivity contribution >= 4 is 11.9 Å². The van der Waals surface area contributed by atoms with E-state index in [0.717, 1.165) is 25.3 Å². The molecule has 0 aromatic heterocycles. The standard InChI is InChI=1S/C21H28N4O2/c1-22-21(24-13-7-10-17-8-4-3-5-9-17)25-15-14-23-20(26)18-11-6-12-19(16-18)27-2/h3-6,8-9,11-12,16H,7,10,13-15H2,1-2H3,(H,23,26)(H2,22,24,25). The number of benzene rings is 2. The van der Waals surface area contributed by atoms with Crippen molar-refractivity contribution in [2.75, 3.05) is 33.8 Å². The van der Waals surface area contributed by atoms with Crippen LogP contribution < -0.4 is 20.7 Å². The zero-order valence-corrected chi connectivity index (χ0v) is 16.0. The molecule has 0 aliphatic heterocycles. The molecule has 0 unspecified atom stereocenters. The zero-order chi connectivity index (χ0) is 19.3. The minimum atomic E-state index is -0.124. The third-order valence-electron chi connectivity index (χ3n) is 4.04. The predicted octanol–water partition coefficient (Wildman–Crippen LogP) is 2.22. The van der Waals surface area contributed by atoms with Gasteiger partial charge >= 0.3 is 0 Å². The van der Waals surface area contributed by atoms with E-state index in [1.807, 2.05) is 12.1 Å². The lowest BCUT2D eigenvalue weighted by Gasteiger charge is -2.12.